The Labute approximate surface area is 150 Å². The molecule has 0 aromatic heterocycles. The first kappa shape index (κ1) is 20.0. The maximum absolute atomic E-state index is 12.5. The van der Waals surface area contributed by atoms with Gasteiger partial charge in [-0.2, -0.15) is 0 Å². The molecule has 0 bridgehead atoms. The van der Waals surface area contributed by atoms with Crippen molar-refractivity contribution >= 4 is 21.8 Å². The number of ether oxygens (including phenoxy) is 1. The van der Waals surface area contributed by atoms with E-state index in [4.69, 9.17) is 4.74 Å². The molecule has 2 atom stereocenters. The quantitative estimate of drug-likeness (QED) is 0.692. The minimum atomic E-state index is -3.29. The molecular formula is C16H29N3O5S. The van der Waals surface area contributed by atoms with Crippen LogP contribution in [0.2, 0.25) is 0 Å². The van der Waals surface area contributed by atoms with Crippen molar-refractivity contribution in [2.75, 3.05) is 51.8 Å². The number of rotatable bonds is 3. The lowest BCUT2D eigenvalue weighted by atomic mass is 9.99. The molecule has 0 spiro atoms. The second-order valence-corrected chi connectivity index (χ2v) is 10.5. The predicted octanol–water partition coefficient (Wildman–Crippen LogP) is 0.0405. The molecule has 2 fully saturated rings. The van der Waals surface area contributed by atoms with Crippen molar-refractivity contribution in [3.8, 4) is 0 Å². The van der Waals surface area contributed by atoms with Crippen LogP contribution in [0.1, 0.15) is 20.8 Å². The third-order valence-electron chi connectivity index (χ3n) is 4.31. The van der Waals surface area contributed by atoms with E-state index in [1.807, 2.05) is 20.8 Å². The number of nitrogens with zero attached hydrogens (tertiary/aromatic N) is 3. The monoisotopic (exact) mass is 375 g/mol. The zero-order valence-corrected chi connectivity index (χ0v) is 16.5. The Kier molecular flexibility index (Phi) is 5.68. The van der Waals surface area contributed by atoms with Gasteiger partial charge in [0.05, 0.1) is 36.7 Å². The summed E-state index contributed by atoms with van der Waals surface area (Å²) in [4.78, 5) is 29.8. The third kappa shape index (κ3) is 5.07. The van der Waals surface area contributed by atoms with Gasteiger partial charge in [-0.1, -0.05) is 20.8 Å². The number of sulfone groups is 1. The molecule has 8 nitrogen and oxygen atoms in total. The van der Waals surface area contributed by atoms with Crippen LogP contribution in [0.25, 0.3) is 0 Å². The first-order valence-corrected chi connectivity index (χ1v) is 10.3. The van der Waals surface area contributed by atoms with E-state index in [0.29, 0.717) is 13.1 Å². The number of piperazine rings is 1. The number of hydrogen-bond donors (Lipinski definition) is 0. The molecule has 9 heteroatoms. The van der Waals surface area contributed by atoms with Gasteiger partial charge in [-0.05, 0) is 19.5 Å². The fraction of sp³-hybridized carbons (Fsp3) is 0.875. The zero-order chi connectivity index (χ0) is 19.0. The van der Waals surface area contributed by atoms with Crippen LogP contribution in [-0.4, -0.2) is 99.0 Å². The summed E-state index contributed by atoms with van der Waals surface area (Å²) in [5.41, 5.74) is -0.166. The lowest BCUT2D eigenvalue weighted by Crippen LogP contribution is -2.63. The molecule has 0 aromatic carbocycles. The Balaban J connectivity index is 2.14. The van der Waals surface area contributed by atoms with Crippen LogP contribution in [0.3, 0.4) is 0 Å². The Bertz CT molecular complexity index is 626. The minimum absolute atomic E-state index is 0.0973. The van der Waals surface area contributed by atoms with E-state index in [-0.39, 0.29) is 36.0 Å². The van der Waals surface area contributed by atoms with E-state index in [9.17, 15) is 18.0 Å². The minimum Gasteiger partial charge on any atom is -0.449 e. The summed E-state index contributed by atoms with van der Waals surface area (Å²) in [6.07, 6.45) is -0.498. The summed E-state index contributed by atoms with van der Waals surface area (Å²) in [7, 11) is 0.295. The first-order chi connectivity index (χ1) is 11.4. The van der Waals surface area contributed by atoms with Crippen LogP contribution in [0.15, 0.2) is 0 Å². The normalized spacial score (nSPS) is 25.8. The van der Waals surface area contributed by atoms with Crippen LogP contribution in [0.5, 0.6) is 0 Å². The highest BCUT2D eigenvalue weighted by Gasteiger charge is 2.49. The Morgan fingerprint density at radius 3 is 2.12 bits per heavy atom. The fourth-order valence-corrected chi connectivity index (χ4v) is 5.19. The van der Waals surface area contributed by atoms with Crippen molar-refractivity contribution < 1.29 is 22.7 Å². The average molecular weight is 375 g/mol. The molecule has 2 rings (SSSR count). The first-order valence-electron chi connectivity index (χ1n) is 8.48. The van der Waals surface area contributed by atoms with Gasteiger partial charge >= 0.3 is 6.09 Å². The molecule has 0 aromatic rings. The second-order valence-electron chi connectivity index (χ2n) is 8.35. The molecule has 0 saturated carbocycles. The third-order valence-corrected chi connectivity index (χ3v) is 6.01. The summed E-state index contributed by atoms with van der Waals surface area (Å²) < 4.78 is 29.7. The number of hydrogen-bond acceptors (Lipinski definition) is 6. The van der Waals surface area contributed by atoms with Crippen LogP contribution in [0, 0.1) is 5.41 Å². The smallest absolute Gasteiger partial charge is 0.410 e. The van der Waals surface area contributed by atoms with E-state index >= 15 is 0 Å². The van der Waals surface area contributed by atoms with Gasteiger partial charge in [0.15, 0.2) is 9.84 Å². The van der Waals surface area contributed by atoms with E-state index in [0.717, 1.165) is 0 Å². The van der Waals surface area contributed by atoms with Crippen molar-refractivity contribution in [2.24, 2.45) is 5.41 Å². The lowest BCUT2D eigenvalue weighted by molar-refractivity contribution is -0.137. The molecule has 2 heterocycles. The maximum atomic E-state index is 12.5. The van der Waals surface area contributed by atoms with E-state index in [1.54, 1.807) is 23.9 Å². The van der Waals surface area contributed by atoms with Crippen molar-refractivity contribution in [3.63, 3.8) is 0 Å². The van der Waals surface area contributed by atoms with Crippen molar-refractivity contribution in [1.82, 2.24) is 14.7 Å². The van der Waals surface area contributed by atoms with Gasteiger partial charge in [0.2, 0.25) is 5.91 Å². The van der Waals surface area contributed by atoms with Gasteiger partial charge in [0.1, 0.15) is 0 Å². The predicted molar refractivity (Wildman–Crippen MR) is 94.0 cm³/mol. The SMILES string of the molecule is CN(C)CC(=O)N1CCN(C(=O)OCC(C)(C)C)[C@@H]2CS(=O)(=O)C[C@@H]21. The number of amides is 2. The molecule has 0 N–H and O–H groups in total. The van der Waals surface area contributed by atoms with Gasteiger partial charge in [0, 0.05) is 13.1 Å². The Morgan fingerprint density at radius 2 is 1.60 bits per heavy atom. The van der Waals surface area contributed by atoms with Crippen LogP contribution in [0.4, 0.5) is 4.79 Å². The highest BCUT2D eigenvalue weighted by molar-refractivity contribution is 7.91. The van der Waals surface area contributed by atoms with Crippen LogP contribution in [-0.2, 0) is 19.4 Å². The number of likely N-dealkylation sites (N-methyl/N-ethyl adjacent to an activating group) is 1. The summed E-state index contributed by atoms with van der Waals surface area (Å²) in [5.74, 6) is -0.326. The molecule has 0 unspecified atom stereocenters. The maximum Gasteiger partial charge on any atom is 0.410 e. The van der Waals surface area contributed by atoms with Gasteiger partial charge in [-0.25, -0.2) is 13.2 Å². The fourth-order valence-electron chi connectivity index (χ4n) is 3.21. The van der Waals surface area contributed by atoms with Gasteiger partial charge in [0.25, 0.3) is 0 Å². The lowest BCUT2D eigenvalue weighted by Gasteiger charge is -2.43. The average Bonchev–Trinajstić information content (AvgIpc) is 2.76. The van der Waals surface area contributed by atoms with Crippen LogP contribution >= 0.6 is 0 Å². The van der Waals surface area contributed by atoms with Crippen LogP contribution < -0.4 is 0 Å². The molecule has 2 aliphatic heterocycles. The largest absolute Gasteiger partial charge is 0.449 e. The van der Waals surface area contributed by atoms with Gasteiger partial charge in [-0.3, -0.25) is 4.79 Å². The summed E-state index contributed by atoms with van der Waals surface area (Å²) >= 11 is 0. The Hall–Kier alpha value is -1.35. The Morgan fingerprint density at radius 1 is 1.08 bits per heavy atom. The highest BCUT2D eigenvalue weighted by Crippen LogP contribution is 2.28. The topological polar surface area (TPSA) is 87.2 Å². The van der Waals surface area contributed by atoms with Gasteiger partial charge < -0.3 is 19.4 Å². The molecule has 25 heavy (non-hydrogen) atoms. The standard InChI is InChI=1S/C16H29N3O5S/c1-16(2,3)11-24-15(21)19-7-6-18(14(20)8-17(4)5)12-9-25(22,23)10-13(12)19/h12-13H,6-11H2,1-5H3/t12-,13+/m0/s1. The molecular weight excluding hydrogens is 346 g/mol. The summed E-state index contributed by atoms with van der Waals surface area (Å²) in [5, 5.41) is 0. The summed E-state index contributed by atoms with van der Waals surface area (Å²) in [6, 6.07) is -1.02. The molecule has 2 amide bonds. The van der Waals surface area contributed by atoms with E-state index < -0.39 is 28.0 Å². The molecule has 144 valence electrons. The highest BCUT2D eigenvalue weighted by atomic mass is 32.2. The second kappa shape index (κ2) is 7.11. The number of carbonyl (C=O) groups excluding carboxylic acids is 2. The number of carbonyl (C=O) groups is 2. The van der Waals surface area contributed by atoms with E-state index in [1.165, 1.54) is 4.90 Å². The molecule has 0 aliphatic carbocycles. The molecule has 2 aliphatic rings. The van der Waals surface area contributed by atoms with Crippen molar-refractivity contribution in [3.05, 3.63) is 0 Å². The zero-order valence-electron chi connectivity index (χ0n) is 15.7. The molecule has 0 radical (unpaired) electrons. The van der Waals surface area contributed by atoms with Gasteiger partial charge in [-0.15, -0.1) is 0 Å². The van der Waals surface area contributed by atoms with Crippen molar-refractivity contribution in [2.45, 2.75) is 32.9 Å². The number of fused-ring (bicyclic) bond motifs is 1. The van der Waals surface area contributed by atoms with Crippen molar-refractivity contribution in [1.29, 1.82) is 0 Å². The molecule has 2 saturated heterocycles. The summed E-state index contributed by atoms with van der Waals surface area (Å²) in [6.45, 7) is 6.98. The van der Waals surface area contributed by atoms with E-state index in [2.05, 4.69) is 0 Å².